The van der Waals surface area contributed by atoms with E-state index in [9.17, 15) is 4.79 Å². The van der Waals surface area contributed by atoms with Crippen molar-refractivity contribution in [2.24, 2.45) is 7.05 Å². The van der Waals surface area contributed by atoms with Crippen molar-refractivity contribution >= 4 is 28.3 Å². The highest BCUT2D eigenvalue weighted by molar-refractivity contribution is 6.30. The molecule has 1 aliphatic heterocycles. The standard InChI is InChI=1S/C25H24ClFN6O2/c1-14-29-20-10-22(32-7-8-35-21(13-32)15-11-28-31(2)12-15)30-24(18-6-3-16(26)9-19(18)27)23(20)25(34)33(14)17-4-5-17/h3,6,9-12,17,21H,4-5,7-8,13H2,1-2H3. The third kappa shape index (κ3) is 3.98. The topological polar surface area (TPSA) is 78.1 Å². The van der Waals surface area contributed by atoms with Crippen LogP contribution in [0.25, 0.3) is 22.2 Å². The van der Waals surface area contributed by atoms with Gasteiger partial charge in [-0.1, -0.05) is 11.6 Å². The fourth-order valence-corrected chi connectivity index (χ4v) is 4.94. The minimum atomic E-state index is -0.531. The molecule has 0 bridgehead atoms. The van der Waals surface area contributed by atoms with Crippen LogP contribution in [0.1, 0.15) is 36.4 Å². The lowest BCUT2D eigenvalue weighted by molar-refractivity contribution is 0.0395. The van der Waals surface area contributed by atoms with Crippen LogP contribution in [0.3, 0.4) is 0 Å². The summed E-state index contributed by atoms with van der Waals surface area (Å²) in [4.78, 5) is 25.3. The van der Waals surface area contributed by atoms with Gasteiger partial charge in [-0.25, -0.2) is 14.4 Å². The molecular weight excluding hydrogens is 471 g/mol. The van der Waals surface area contributed by atoms with E-state index in [0.717, 1.165) is 18.4 Å². The number of morpholine rings is 1. The first kappa shape index (κ1) is 22.2. The first-order valence-corrected chi connectivity index (χ1v) is 12.0. The lowest BCUT2D eigenvalue weighted by Gasteiger charge is -2.33. The van der Waals surface area contributed by atoms with Gasteiger partial charge in [0.25, 0.3) is 5.56 Å². The highest BCUT2D eigenvalue weighted by Gasteiger charge is 2.30. The fraction of sp³-hybridized carbons (Fsp3) is 0.360. The number of ether oxygens (including phenoxy) is 1. The second kappa shape index (κ2) is 8.42. The van der Waals surface area contributed by atoms with Crippen molar-refractivity contribution in [2.45, 2.75) is 31.9 Å². The molecule has 4 heterocycles. The molecule has 1 atom stereocenters. The molecule has 2 fully saturated rings. The highest BCUT2D eigenvalue weighted by atomic mass is 35.5. The first-order valence-electron chi connectivity index (χ1n) is 11.6. The Labute approximate surface area is 205 Å². The van der Waals surface area contributed by atoms with E-state index in [1.807, 2.05) is 26.2 Å². The maximum Gasteiger partial charge on any atom is 0.263 e. The van der Waals surface area contributed by atoms with Crippen LogP contribution in [-0.4, -0.2) is 44.0 Å². The molecule has 1 saturated carbocycles. The Morgan fingerprint density at radius 1 is 1.20 bits per heavy atom. The fourth-order valence-electron chi connectivity index (χ4n) is 4.78. The van der Waals surface area contributed by atoms with Gasteiger partial charge in [0.05, 0.1) is 29.4 Å². The van der Waals surface area contributed by atoms with Gasteiger partial charge in [-0.15, -0.1) is 0 Å². The monoisotopic (exact) mass is 494 g/mol. The van der Waals surface area contributed by atoms with Crippen molar-refractivity contribution in [2.75, 3.05) is 24.6 Å². The number of aryl methyl sites for hydroxylation is 2. The van der Waals surface area contributed by atoms with Gasteiger partial charge >= 0.3 is 0 Å². The molecule has 180 valence electrons. The Kier molecular flexibility index (Phi) is 5.34. The van der Waals surface area contributed by atoms with Crippen molar-refractivity contribution in [3.8, 4) is 11.3 Å². The summed E-state index contributed by atoms with van der Waals surface area (Å²) >= 11 is 6.01. The Morgan fingerprint density at radius 2 is 2.03 bits per heavy atom. The molecule has 0 amide bonds. The molecule has 10 heteroatoms. The van der Waals surface area contributed by atoms with E-state index in [1.165, 1.54) is 6.07 Å². The number of fused-ring (bicyclic) bond motifs is 1. The second-order valence-electron chi connectivity index (χ2n) is 9.17. The van der Waals surface area contributed by atoms with Gasteiger partial charge in [-0.2, -0.15) is 5.10 Å². The highest BCUT2D eigenvalue weighted by Crippen LogP contribution is 2.37. The Bertz CT molecular complexity index is 1510. The van der Waals surface area contributed by atoms with Crippen LogP contribution in [0, 0.1) is 12.7 Å². The zero-order valence-electron chi connectivity index (χ0n) is 19.4. The van der Waals surface area contributed by atoms with E-state index in [2.05, 4.69) is 10.00 Å². The number of pyridine rings is 1. The summed E-state index contributed by atoms with van der Waals surface area (Å²) in [5.74, 6) is 0.742. The molecule has 1 unspecified atom stereocenters. The van der Waals surface area contributed by atoms with E-state index in [0.29, 0.717) is 42.2 Å². The number of hydrogen-bond donors (Lipinski definition) is 0. The molecule has 2 aliphatic rings. The summed E-state index contributed by atoms with van der Waals surface area (Å²) < 4.78 is 24.6. The van der Waals surface area contributed by atoms with Crippen molar-refractivity contribution in [3.05, 3.63) is 69.2 Å². The van der Waals surface area contributed by atoms with Crippen LogP contribution in [0.4, 0.5) is 10.2 Å². The number of aromatic nitrogens is 5. The Hall–Kier alpha value is -3.30. The lowest BCUT2D eigenvalue weighted by atomic mass is 10.1. The molecule has 1 saturated heterocycles. The molecule has 4 aromatic rings. The third-order valence-electron chi connectivity index (χ3n) is 6.63. The number of anilines is 1. The van der Waals surface area contributed by atoms with Gasteiger partial charge in [0, 0.05) is 54.6 Å². The molecule has 1 aliphatic carbocycles. The lowest BCUT2D eigenvalue weighted by Crippen LogP contribution is -2.39. The predicted molar refractivity (Wildman–Crippen MR) is 131 cm³/mol. The van der Waals surface area contributed by atoms with Gasteiger partial charge < -0.3 is 9.64 Å². The average Bonchev–Trinajstić information content (AvgIpc) is 3.57. The molecule has 0 spiro atoms. The number of rotatable bonds is 4. The van der Waals surface area contributed by atoms with Crippen molar-refractivity contribution in [1.82, 2.24) is 24.3 Å². The normalized spacial score (nSPS) is 18.4. The van der Waals surface area contributed by atoms with Crippen LogP contribution in [0.2, 0.25) is 5.02 Å². The van der Waals surface area contributed by atoms with Gasteiger partial charge in [0.15, 0.2) is 0 Å². The zero-order valence-corrected chi connectivity index (χ0v) is 20.2. The largest absolute Gasteiger partial charge is 0.370 e. The molecule has 3 aromatic heterocycles. The van der Waals surface area contributed by atoms with Crippen molar-refractivity contribution < 1.29 is 9.13 Å². The van der Waals surface area contributed by atoms with E-state index in [-0.39, 0.29) is 34.0 Å². The van der Waals surface area contributed by atoms with Crippen LogP contribution in [0.15, 0.2) is 41.5 Å². The zero-order chi connectivity index (χ0) is 24.3. The average molecular weight is 495 g/mol. The molecule has 1 aromatic carbocycles. The van der Waals surface area contributed by atoms with Crippen LogP contribution in [0.5, 0.6) is 0 Å². The van der Waals surface area contributed by atoms with Crippen molar-refractivity contribution in [1.29, 1.82) is 0 Å². The molecule has 6 rings (SSSR count). The summed E-state index contributed by atoms with van der Waals surface area (Å²) in [6.07, 6.45) is 5.42. The van der Waals surface area contributed by atoms with Crippen LogP contribution in [-0.2, 0) is 11.8 Å². The second-order valence-corrected chi connectivity index (χ2v) is 9.60. The Morgan fingerprint density at radius 3 is 2.74 bits per heavy atom. The van der Waals surface area contributed by atoms with Crippen LogP contribution >= 0.6 is 11.6 Å². The third-order valence-corrected chi connectivity index (χ3v) is 6.87. The maximum atomic E-state index is 15.1. The molecule has 8 nitrogen and oxygen atoms in total. The number of hydrogen-bond acceptors (Lipinski definition) is 6. The molecule has 0 N–H and O–H groups in total. The molecular formula is C25H24ClFN6O2. The van der Waals surface area contributed by atoms with Crippen molar-refractivity contribution in [3.63, 3.8) is 0 Å². The van der Waals surface area contributed by atoms with E-state index in [4.69, 9.17) is 26.3 Å². The smallest absolute Gasteiger partial charge is 0.263 e. The summed E-state index contributed by atoms with van der Waals surface area (Å²) in [7, 11) is 1.87. The quantitative estimate of drug-likeness (QED) is 0.423. The summed E-state index contributed by atoms with van der Waals surface area (Å²) in [5, 5.41) is 4.86. The molecule has 0 radical (unpaired) electrons. The first-order chi connectivity index (χ1) is 16.9. The van der Waals surface area contributed by atoms with Gasteiger partial charge in [-0.3, -0.25) is 14.0 Å². The summed E-state index contributed by atoms with van der Waals surface area (Å²) in [6.45, 7) is 3.50. The predicted octanol–water partition coefficient (Wildman–Crippen LogP) is 4.21. The van der Waals surface area contributed by atoms with Gasteiger partial charge in [0.1, 0.15) is 23.6 Å². The van der Waals surface area contributed by atoms with Gasteiger partial charge in [0.2, 0.25) is 0 Å². The van der Waals surface area contributed by atoms with E-state index in [1.54, 1.807) is 27.6 Å². The minimum absolute atomic E-state index is 0.140. The number of benzene rings is 1. The Balaban J connectivity index is 1.52. The molecule has 35 heavy (non-hydrogen) atoms. The van der Waals surface area contributed by atoms with Crippen LogP contribution < -0.4 is 10.5 Å². The minimum Gasteiger partial charge on any atom is -0.370 e. The maximum absolute atomic E-state index is 15.1. The van der Waals surface area contributed by atoms with E-state index < -0.39 is 5.82 Å². The number of nitrogens with zero attached hydrogens (tertiary/aromatic N) is 6. The summed E-state index contributed by atoms with van der Waals surface area (Å²) in [6, 6.07) is 6.38. The summed E-state index contributed by atoms with van der Waals surface area (Å²) in [5.41, 5.74) is 1.80. The van der Waals surface area contributed by atoms with Gasteiger partial charge in [-0.05, 0) is 38.0 Å². The van der Waals surface area contributed by atoms with E-state index >= 15 is 4.39 Å². The number of halogens is 2. The SMILES string of the molecule is Cc1nc2cc(N3CCOC(c4cnn(C)c4)C3)nc(-c3ccc(Cl)cc3F)c2c(=O)n1C1CC1.